The summed E-state index contributed by atoms with van der Waals surface area (Å²) in [5.41, 5.74) is 9.00. The van der Waals surface area contributed by atoms with Gasteiger partial charge >= 0.3 is 0 Å². The Hall–Kier alpha value is -1.43. The number of nitrogens with two attached hydrogens (primary N) is 1. The van der Waals surface area contributed by atoms with E-state index in [0.717, 1.165) is 30.2 Å². The maximum Gasteiger partial charge on any atom is 0.126 e. The summed E-state index contributed by atoms with van der Waals surface area (Å²) >= 11 is 0. The highest BCUT2D eigenvalue weighted by Gasteiger charge is 2.21. The van der Waals surface area contributed by atoms with Crippen molar-refractivity contribution in [3.8, 4) is 0 Å². The lowest BCUT2D eigenvalue weighted by Gasteiger charge is -2.30. The minimum absolute atomic E-state index is 0.0432. The SMILES string of the molecule is Cc1cc(N2CCS(=O)CC2)c(C(=N)N)c(C)n1. The van der Waals surface area contributed by atoms with Crippen LogP contribution in [0, 0.1) is 19.3 Å². The molecule has 6 heteroatoms. The first-order valence-corrected chi connectivity index (χ1v) is 7.40. The smallest absolute Gasteiger partial charge is 0.126 e. The third-order valence-corrected chi connectivity index (χ3v) is 4.37. The first-order chi connectivity index (χ1) is 8.49. The van der Waals surface area contributed by atoms with Crippen molar-refractivity contribution in [2.75, 3.05) is 29.5 Å². The van der Waals surface area contributed by atoms with Crippen molar-refractivity contribution in [3.05, 3.63) is 23.0 Å². The van der Waals surface area contributed by atoms with Gasteiger partial charge in [-0.3, -0.25) is 14.6 Å². The maximum absolute atomic E-state index is 11.4. The molecule has 5 nitrogen and oxygen atoms in total. The van der Waals surface area contributed by atoms with Crippen LogP contribution < -0.4 is 10.6 Å². The molecule has 1 aromatic rings. The molecule has 1 fully saturated rings. The van der Waals surface area contributed by atoms with Gasteiger partial charge in [-0.05, 0) is 19.9 Å². The van der Waals surface area contributed by atoms with Crippen LogP contribution in [0.4, 0.5) is 5.69 Å². The van der Waals surface area contributed by atoms with Crippen molar-refractivity contribution in [2.45, 2.75) is 13.8 Å². The molecule has 0 atom stereocenters. The zero-order valence-corrected chi connectivity index (χ0v) is 11.5. The van der Waals surface area contributed by atoms with E-state index in [1.807, 2.05) is 19.9 Å². The molecule has 0 aromatic carbocycles. The number of amidine groups is 1. The van der Waals surface area contributed by atoms with E-state index in [-0.39, 0.29) is 5.84 Å². The Morgan fingerprint density at radius 3 is 2.61 bits per heavy atom. The number of rotatable bonds is 2. The highest BCUT2D eigenvalue weighted by atomic mass is 32.2. The zero-order chi connectivity index (χ0) is 13.3. The number of nitrogens with one attached hydrogen (secondary N) is 1. The lowest BCUT2D eigenvalue weighted by molar-refractivity contribution is 0.673. The fraction of sp³-hybridized carbons (Fsp3) is 0.500. The van der Waals surface area contributed by atoms with Crippen molar-refractivity contribution in [1.82, 2.24) is 4.98 Å². The van der Waals surface area contributed by atoms with E-state index < -0.39 is 10.8 Å². The summed E-state index contributed by atoms with van der Waals surface area (Å²) < 4.78 is 11.4. The van der Waals surface area contributed by atoms with Gasteiger partial charge in [0.2, 0.25) is 0 Å². The summed E-state index contributed by atoms with van der Waals surface area (Å²) in [6, 6.07) is 1.96. The molecule has 1 aliphatic heterocycles. The fourth-order valence-corrected chi connectivity index (χ4v) is 3.32. The van der Waals surface area contributed by atoms with E-state index in [2.05, 4.69) is 9.88 Å². The third kappa shape index (κ3) is 2.53. The number of nitrogens with zero attached hydrogens (tertiary/aromatic N) is 2. The van der Waals surface area contributed by atoms with Gasteiger partial charge in [-0.2, -0.15) is 0 Å². The second kappa shape index (κ2) is 5.06. The van der Waals surface area contributed by atoms with Crippen LogP contribution >= 0.6 is 0 Å². The molecule has 0 spiro atoms. The first-order valence-electron chi connectivity index (χ1n) is 5.91. The predicted molar refractivity (Wildman–Crippen MR) is 74.8 cm³/mol. The number of nitrogen functional groups attached to an aromatic ring is 1. The molecule has 2 rings (SSSR count). The third-order valence-electron chi connectivity index (χ3n) is 3.10. The van der Waals surface area contributed by atoms with Gasteiger partial charge in [-0.15, -0.1) is 0 Å². The number of pyridine rings is 1. The van der Waals surface area contributed by atoms with E-state index in [1.54, 1.807) is 0 Å². The van der Waals surface area contributed by atoms with E-state index in [4.69, 9.17) is 11.1 Å². The fourth-order valence-electron chi connectivity index (χ4n) is 2.27. The second-order valence-electron chi connectivity index (χ2n) is 4.49. The Labute approximate surface area is 109 Å². The number of hydrogen-bond donors (Lipinski definition) is 2. The first kappa shape index (κ1) is 13.0. The number of aromatic nitrogens is 1. The molecule has 18 heavy (non-hydrogen) atoms. The van der Waals surface area contributed by atoms with Crippen LogP contribution in [0.15, 0.2) is 6.07 Å². The second-order valence-corrected chi connectivity index (χ2v) is 6.19. The Morgan fingerprint density at radius 1 is 1.44 bits per heavy atom. The van der Waals surface area contributed by atoms with E-state index in [9.17, 15) is 4.21 Å². The average molecular weight is 266 g/mol. The van der Waals surface area contributed by atoms with Crippen LogP contribution in [0.25, 0.3) is 0 Å². The molecule has 0 amide bonds. The Kier molecular flexibility index (Phi) is 3.65. The monoisotopic (exact) mass is 266 g/mol. The molecular weight excluding hydrogens is 248 g/mol. The van der Waals surface area contributed by atoms with Crippen molar-refractivity contribution in [3.63, 3.8) is 0 Å². The molecule has 98 valence electrons. The van der Waals surface area contributed by atoms with Crippen molar-refractivity contribution >= 4 is 22.3 Å². The molecule has 1 aromatic heterocycles. The summed E-state index contributed by atoms with van der Waals surface area (Å²) in [7, 11) is -0.705. The molecule has 3 N–H and O–H groups in total. The molecule has 2 heterocycles. The number of hydrogen-bond acceptors (Lipinski definition) is 4. The number of anilines is 1. The van der Waals surface area contributed by atoms with E-state index >= 15 is 0 Å². The lowest BCUT2D eigenvalue weighted by Crippen LogP contribution is -2.39. The minimum Gasteiger partial charge on any atom is -0.384 e. The van der Waals surface area contributed by atoms with Gasteiger partial charge in [0.15, 0.2) is 0 Å². The van der Waals surface area contributed by atoms with Gasteiger partial charge in [0, 0.05) is 41.1 Å². The molecule has 0 radical (unpaired) electrons. The van der Waals surface area contributed by atoms with Crippen molar-refractivity contribution in [1.29, 1.82) is 5.41 Å². The van der Waals surface area contributed by atoms with Crippen LogP contribution in [0.3, 0.4) is 0 Å². The molecule has 0 aliphatic carbocycles. The molecular formula is C12H18N4OS. The van der Waals surface area contributed by atoms with Crippen molar-refractivity contribution in [2.24, 2.45) is 5.73 Å². The average Bonchev–Trinajstić information content (AvgIpc) is 2.28. The minimum atomic E-state index is -0.705. The summed E-state index contributed by atoms with van der Waals surface area (Å²) in [6.45, 7) is 5.30. The van der Waals surface area contributed by atoms with E-state index in [1.165, 1.54) is 0 Å². The highest BCUT2D eigenvalue weighted by molar-refractivity contribution is 7.85. The predicted octanol–water partition coefficient (Wildman–Crippen LogP) is 0.551. The summed E-state index contributed by atoms with van der Waals surface area (Å²) in [4.78, 5) is 6.51. The molecule has 0 bridgehead atoms. The quantitative estimate of drug-likeness (QED) is 0.605. The van der Waals surface area contributed by atoms with Gasteiger partial charge in [-0.1, -0.05) is 0 Å². The van der Waals surface area contributed by atoms with E-state index in [0.29, 0.717) is 17.1 Å². The molecule has 1 saturated heterocycles. The lowest BCUT2D eigenvalue weighted by atomic mass is 10.1. The van der Waals surface area contributed by atoms with Gasteiger partial charge in [0.25, 0.3) is 0 Å². The van der Waals surface area contributed by atoms with Crippen molar-refractivity contribution < 1.29 is 4.21 Å². The van der Waals surface area contributed by atoms with Crippen LogP contribution in [0.5, 0.6) is 0 Å². The topological polar surface area (TPSA) is 83.1 Å². The summed E-state index contributed by atoms with van der Waals surface area (Å²) in [5, 5.41) is 7.70. The Balaban J connectivity index is 2.42. The number of aryl methyl sites for hydroxylation is 2. The summed E-state index contributed by atoms with van der Waals surface area (Å²) in [6.07, 6.45) is 0. The van der Waals surface area contributed by atoms with Gasteiger partial charge in [0.1, 0.15) is 5.84 Å². The van der Waals surface area contributed by atoms with Crippen LogP contribution in [-0.4, -0.2) is 39.6 Å². The Bertz CT molecular complexity index is 505. The largest absolute Gasteiger partial charge is 0.384 e. The van der Waals surface area contributed by atoms with Gasteiger partial charge in [0.05, 0.1) is 16.9 Å². The van der Waals surface area contributed by atoms with Crippen LogP contribution in [-0.2, 0) is 10.8 Å². The van der Waals surface area contributed by atoms with Gasteiger partial charge in [-0.25, -0.2) is 0 Å². The highest BCUT2D eigenvalue weighted by Crippen LogP contribution is 2.24. The zero-order valence-electron chi connectivity index (χ0n) is 10.7. The molecule has 0 saturated carbocycles. The van der Waals surface area contributed by atoms with Gasteiger partial charge < -0.3 is 10.6 Å². The van der Waals surface area contributed by atoms with Crippen LogP contribution in [0.1, 0.15) is 17.0 Å². The molecule has 0 unspecified atom stereocenters. The molecule has 1 aliphatic rings. The van der Waals surface area contributed by atoms with Crippen LogP contribution in [0.2, 0.25) is 0 Å². The normalized spacial score (nSPS) is 16.9. The maximum atomic E-state index is 11.4. The summed E-state index contributed by atoms with van der Waals surface area (Å²) in [5.74, 6) is 1.40. The Morgan fingerprint density at radius 2 is 2.06 bits per heavy atom. The standard InChI is InChI=1S/C12H18N4OS/c1-8-7-10(11(12(13)14)9(2)15-8)16-3-5-18(17)6-4-16/h7H,3-6H2,1-2H3,(H3,13,14).